The van der Waals surface area contributed by atoms with Crippen LogP contribution >= 0.6 is 0 Å². The molecule has 0 atom stereocenters. The van der Waals surface area contributed by atoms with Crippen LogP contribution in [0.4, 0.5) is 13.2 Å². The lowest BCUT2D eigenvalue weighted by molar-refractivity contribution is -0.139. The van der Waals surface area contributed by atoms with Gasteiger partial charge in [0.1, 0.15) is 6.54 Å². The predicted octanol–water partition coefficient (Wildman–Crippen LogP) is -0.191. The first kappa shape index (κ1) is 18.7. The Morgan fingerprint density at radius 1 is 0.955 bits per heavy atom. The van der Waals surface area contributed by atoms with E-state index in [4.69, 9.17) is 0 Å². The van der Waals surface area contributed by atoms with E-state index in [9.17, 15) is 22.8 Å². The molecule has 0 unspecified atom stereocenters. The van der Waals surface area contributed by atoms with Crippen molar-refractivity contribution < 1.29 is 22.8 Å². The van der Waals surface area contributed by atoms with Crippen molar-refractivity contribution in [1.29, 1.82) is 0 Å². The number of carbonyl (C=O) groups excluding carboxylic acids is 2. The van der Waals surface area contributed by atoms with Crippen LogP contribution in [0.25, 0.3) is 0 Å². The van der Waals surface area contributed by atoms with Crippen LogP contribution in [-0.4, -0.2) is 80.1 Å². The lowest BCUT2D eigenvalue weighted by Gasteiger charge is -2.33. The van der Waals surface area contributed by atoms with Gasteiger partial charge in [-0.05, 0) is 6.42 Å². The van der Waals surface area contributed by atoms with E-state index >= 15 is 0 Å². The van der Waals surface area contributed by atoms with Gasteiger partial charge in [0.25, 0.3) is 0 Å². The molecular formula is C13H23F3N4O2. The Labute approximate surface area is 128 Å². The number of piperazine rings is 1. The summed E-state index contributed by atoms with van der Waals surface area (Å²) in [5, 5.41) is 4.64. The molecular weight excluding hydrogens is 301 g/mol. The van der Waals surface area contributed by atoms with Gasteiger partial charge >= 0.3 is 6.18 Å². The Kier molecular flexibility index (Phi) is 7.60. The summed E-state index contributed by atoms with van der Waals surface area (Å²) in [6.45, 7) is 3.93. The smallest absolute Gasteiger partial charge is 0.355 e. The van der Waals surface area contributed by atoms with Gasteiger partial charge in [0.15, 0.2) is 0 Å². The zero-order valence-electron chi connectivity index (χ0n) is 12.7. The highest BCUT2D eigenvalue weighted by Crippen LogP contribution is 2.12. The summed E-state index contributed by atoms with van der Waals surface area (Å²) in [5.74, 6) is -0.662. The van der Waals surface area contributed by atoms with E-state index in [1.807, 2.05) is 17.1 Å². The summed E-state index contributed by atoms with van der Waals surface area (Å²) >= 11 is 0. The quantitative estimate of drug-likeness (QED) is 0.681. The number of amides is 2. The van der Waals surface area contributed by atoms with Crippen molar-refractivity contribution in [1.82, 2.24) is 20.4 Å². The number of nitrogens with one attached hydrogen (secondary N) is 2. The third kappa shape index (κ3) is 8.18. The minimum Gasteiger partial charge on any atom is -0.355 e. The van der Waals surface area contributed by atoms with Crippen molar-refractivity contribution in [2.45, 2.75) is 19.5 Å². The molecule has 1 aliphatic rings. The maximum atomic E-state index is 12.0. The molecule has 6 nitrogen and oxygen atoms in total. The molecule has 0 aromatic heterocycles. The molecule has 0 aliphatic carbocycles. The lowest BCUT2D eigenvalue weighted by atomic mass is 10.3. The van der Waals surface area contributed by atoms with E-state index in [0.29, 0.717) is 39.3 Å². The van der Waals surface area contributed by atoms with Gasteiger partial charge in [-0.1, -0.05) is 6.92 Å². The Morgan fingerprint density at radius 2 is 1.41 bits per heavy atom. The zero-order chi connectivity index (χ0) is 16.6. The fraction of sp³-hybridized carbons (Fsp3) is 0.846. The lowest BCUT2D eigenvalue weighted by Crippen LogP contribution is -2.52. The van der Waals surface area contributed by atoms with Gasteiger partial charge in [0, 0.05) is 32.7 Å². The van der Waals surface area contributed by atoms with Crippen LogP contribution in [0.15, 0.2) is 0 Å². The van der Waals surface area contributed by atoms with Gasteiger partial charge in [-0.15, -0.1) is 0 Å². The van der Waals surface area contributed by atoms with Crippen LogP contribution in [0.2, 0.25) is 0 Å². The number of halogens is 3. The number of rotatable bonds is 7. The second-order valence-corrected chi connectivity index (χ2v) is 5.29. The van der Waals surface area contributed by atoms with Crippen LogP contribution in [-0.2, 0) is 9.59 Å². The van der Waals surface area contributed by atoms with Crippen molar-refractivity contribution in [3.05, 3.63) is 0 Å². The van der Waals surface area contributed by atoms with E-state index in [1.165, 1.54) is 0 Å². The van der Waals surface area contributed by atoms with Gasteiger partial charge in [-0.25, -0.2) is 0 Å². The zero-order valence-corrected chi connectivity index (χ0v) is 12.7. The second kappa shape index (κ2) is 8.94. The van der Waals surface area contributed by atoms with Crippen molar-refractivity contribution >= 4 is 11.8 Å². The van der Waals surface area contributed by atoms with Crippen LogP contribution in [0.5, 0.6) is 0 Å². The molecule has 0 saturated carbocycles. The molecule has 128 valence electrons. The molecule has 1 heterocycles. The molecule has 2 amide bonds. The van der Waals surface area contributed by atoms with Crippen molar-refractivity contribution in [2.75, 3.05) is 52.4 Å². The maximum absolute atomic E-state index is 12.0. The second-order valence-electron chi connectivity index (χ2n) is 5.29. The molecule has 1 aliphatic heterocycles. The fourth-order valence-corrected chi connectivity index (χ4v) is 2.09. The van der Waals surface area contributed by atoms with Gasteiger partial charge in [-0.3, -0.25) is 19.4 Å². The Balaban J connectivity index is 2.19. The molecule has 0 spiro atoms. The first-order chi connectivity index (χ1) is 10.3. The van der Waals surface area contributed by atoms with Gasteiger partial charge in [0.05, 0.1) is 13.1 Å². The third-order valence-electron chi connectivity index (χ3n) is 3.26. The Bertz CT molecular complexity index is 369. The molecule has 0 radical (unpaired) electrons. The third-order valence-corrected chi connectivity index (χ3v) is 3.26. The minimum atomic E-state index is -4.39. The van der Waals surface area contributed by atoms with Crippen LogP contribution in [0, 0.1) is 0 Å². The molecule has 1 saturated heterocycles. The average Bonchev–Trinajstić information content (AvgIpc) is 2.44. The first-order valence-electron chi connectivity index (χ1n) is 7.35. The van der Waals surface area contributed by atoms with E-state index in [2.05, 4.69) is 5.32 Å². The highest BCUT2D eigenvalue weighted by molar-refractivity contribution is 5.78. The number of hydrogen-bond donors (Lipinski definition) is 2. The maximum Gasteiger partial charge on any atom is 0.405 e. The Hall–Kier alpha value is -1.35. The van der Waals surface area contributed by atoms with E-state index < -0.39 is 18.6 Å². The molecule has 1 fully saturated rings. The summed E-state index contributed by atoms with van der Waals surface area (Å²) in [6, 6.07) is 0. The summed E-state index contributed by atoms with van der Waals surface area (Å²) in [4.78, 5) is 26.7. The molecule has 0 bridgehead atoms. The van der Waals surface area contributed by atoms with Crippen molar-refractivity contribution in [3.63, 3.8) is 0 Å². The molecule has 1 rings (SSSR count). The molecule has 2 N–H and O–H groups in total. The topological polar surface area (TPSA) is 64.7 Å². The Morgan fingerprint density at radius 3 is 1.82 bits per heavy atom. The molecule has 0 aromatic carbocycles. The highest BCUT2D eigenvalue weighted by atomic mass is 19.4. The van der Waals surface area contributed by atoms with Crippen molar-refractivity contribution in [3.8, 4) is 0 Å². The number of alkyl halides is 3. The highest BCUT2D eigenvalue weighted by Gasteiger charge is 2.28. The van der Waals surface area contributed by atoms with Crippen LogP contribution in [0.1, 0.15) is 13.3 Å². The summed E-state index contributed by atoms with van der Waals surface area (Å²) < 4.78 is 35.9. The fourth-order valence-electron chi connectivity index (χ4n) is 2.09. The number of carbonyl (C=O) groups is 2. The largest absolute Gasteiger partial charge is 0.405 e. The monoisotopic (exact) mass is 324 g/mol. The van der Waals surface area contributed by atoms with E-state index in [1.54, 1.807) is 4.90 Å². The summed E-state index contributed by atoms with van der Waals surface area (Å²) in [7, 11) is 0. The minimum absolute atomic E-state index is 0.0294. The van der Waals surface area contributed by atoms with Gasteiger partial charge in [-0.2, -0.15) is 13.2 Å². The molecule has 0 aromatic rings. The van der Waals surface area contributed by atoms with Crippen LogP contribution in [0.3, 0.4) is 0 Å². The molecule has 9 heteroatoms. The number of hydrogen-bond acceptors (Lipinski definition) is 4. The summed E-state index contributed by atoms with van der Waals surface area (Å²) in [5.41, 5.74) is 0. The predicted molar refractivity (Wildman–Crippen MR) is 75.2 cm³/mol. The summed E-state index contributed by atoms with van der Waals surface area (Å²) in [6.07, 6.45) is -3.51. The number of nitrogens with zero attached hydrogens (tertiary/aromatic N) is 2. The standard InChI is InChI=1S/C13H23F3N4O2/c1-2-3-17-11(21)8-19-4-6-20(7-5-19)9-12(22)18-10-13(14,15)16/h2-10H2,1H3,(H,17,21)(H,18,22). The van der Waals surface area contributed by atoms with Gasteiger partial charge < -0.3 is 10.6 Å². The SMILES string of the molecule is CCCNC(=O)CN1CCN(CC(=O)NCC(F)(F)F)CC1. The van der Waals surface area contributed by atoms with Gasteiger partial charge in [0.2, 0.25) is 11.8 Å². The normalized spacial score (nSPS) is 17.3. The van der Waals surface area contributed by atoms with E-state index in [-0.39, 0.29) is 12.5 Å². The van der Waals surface area contributed by atoms with Crippen molar-refractivity contribution in [2.24, 2.45) is 0 Å². The molecule has 22 heavy (non-hydrogen) atoms. The average molecular weight is 324 g/mol. The first-order valence-corrected chi connectivity index (χ1v) is 7.35. The van der Waals surface area contributed by atoms with Crippen LogP contribution < -0.4 is 10.6 Å². The van der Waals surface area contributed by atoms with E-state index in [0.717, 1.165) is 6.42 Å².